The Morgan fingerprint density at radius 2 is 2.05 bits per heavy atom. The lowest BCUT2D eigenvalue weighted by Gasteiger charge is -2.16. The van der Waals surface area contributed by atoms with Crippen molar-refractivity contribution in [2.45, 2.75) is 38.8 Å². The van der Waals surface area contributed by atoms with Gasteiger partial charge in [-0.05, 0) is 32.3 Å². The number of nitrogens with zero attached hydrogens (tertiary/aromatic N) is 1. The van der Waals surface area contributed by atoms with Crippen molar-refractivity contribution in [3.8, 4) is 0 Å². The summed E-state index contributed by atoms with van der Waals surface area (Å²) in [4.78, 5) is 5.65. The number of rotatable bonds is 7. The van der Waals surface area contributed by atoms with Crippen molar-refractivity contribution >= 4 is 11.3 Å². The van der Waals surface area contributed by atoms with Crippen molar-refractivity contribution in [1.29, 1.82) is 0 Å². The molecular weight excluding hydrogens is 266 g/mol. The van der Waals surface area contributed by atoms with Gasteiger partial charge in [-0.1, -0.05) is 30.3 Å². The Bertz CT molecular complexity index is 509. The minimum atomic E-state index is 0.179. The third-order valence-corrected chi connectivity index (χ3v) is 4.44. The number of aromatic nitrogens is 1. The molecule has 0 radical (unpaired) electrons. The second-order valence-corrected chi connectivity index (χ2v) is 6.49. The Kier molecular flexibility index (Phi) is 5.71. The average molecular weight is 289 g/mol. The third-order valence-electron chi connectivity index (χ3n) is 3.34. The molecule has 0 fully saturated rings. The normalized spacial score (nSPS) is 14.2. The maximum Gasteiger partial charge on any atom is 0.109 e. The summed E-state index contributed by atoms with van der Waals surface area (Å²) in [5.41, 5.74) is 7.53. The monoisotopic (exact) mass is 289 g/mol. The fourth-order valence-electron chi connectivity index (χ4n) is 2.09. The summed E-state index contributed by atoms with van der Waals surface area (Å²) in [6, 6.07) is 11.0. The van der Waals surface area contributed by atoms with E-state index in [0.717, 1.165) is 24.4 Å². The highest BCUT2D eigenvalue weighted by Gasteiger charge is 2.10. The maximum absolute atomic E-state index is 6.17. The lowest BCUT2D eigenvalue weighted by molar-refractivity contribution is 0.496. The molecule has 4 heteroatoms. The van der Waals surface area contributed by atoms with Gasteiger partial charge in [-0.2, -0.15) is 0 Å². The average Bonchev–Trinajstić information content (AvgIpc) is 2.90. The highest BCUT2D eigenvalue weighted by molar-refractivity contribution is 7.11. The predicted octanol–water partition coefficient (Wildman–Crippen LogP) is 3.06. The second kappa shape index (κ2) is 7.53. The highest BCUT2D eigenvalue weighted by atomic mass is 32.1. The molecule has 108 valence electrons. The van der Waals surface area contributed by atoms with Crippen LogP contribution < -0.4 is 11.1 Å². The van der Waals surface area contributed by atoms with Crippen LogP contribution in [0.2, 0.25) is 0 Å². The topological polar surface area (TPSA) is 50.9 Å². The molecule has 0 spiro atoms. The molecule has 0 saturated carbocycles. The summed E-state index contributed by atoms with van der Waals surface area (Å²) >= 11 is 1.74. The van der Waals surface area contributed by atoms with E-state index >= 15 is 0 Å². The van der Waals surface area contributed by atoms with E-state index < -0.39 is 0 Å². The summed E-state index contributed by atoms with van der Waals surface area (Å²) < 4.78 is 0. The van der Waals surface area contributed by atoms with Gasteiger partial charge in [0.25, 0.3) is 0 Å². The van der Waals surface area contributed by atoms with Crippen molar-refractivity contribution in [1.82, 2.24) is 10.3 Å². The van der Waals surface area contributed by atoms with Crippen LogP contribution in [-0.2, 0) is 6.42 Å². The molecule has 0 aliphatic rings. The number of hydrogen-bond donors (Lipinski definition) is 2. The molecule has 2 aromatic rings. The first-order valence-corrected chi connectivity index (χ1v) is 7.92. The van der Waals surface area contributed by atoms with Crippen molar-refractivity contribution in [3.05, 3.63) is 52.0 Å². The molecule has 20 heavy (non-hydrogen) atoms. The molecule has 0 saturated heterocycles. The van der Waals surface area contributed by atoms with Gasteiger partial charge in [-0.3, -0.25) is 0 Å². The molecule has 0 bridgehead atoms. The number of hydrogen-bond acceptors (Lipinski definition) is 4. The number of thiazole rings is 1. The number of aryl methyl sites for hydroxylation is 2. The molecular formula is C16H23N3S. The first-order chi connectivity index (χ1) is 9.65. The SMILES string of the molecule is Cc1cnc(C(C)NCC(N)CCc2ccccc2)s1. The summed E-state index contributed by atoms with van der Waals surface area (Å²) in [7, 11) is 0. The molecule has 2 unspecified atom stereocenters. The van der Waals surface area contributed by atoms with Crippen LogP contribution in [0.15, 0.2) is 36.5 Å². The van der Waals surface area contributed by atoms with Gasteiger partial charge in [0, 0.05) is 23.7 Å². The minimum Gasteiger partial charge on any atom is -0.327 e. The molecule has 3 N–H and O–H groups in total. The molecule has 0 aliphatic heterocycles. The standard InChI is InChI=1S/C16H23N3S/c1-12-10-19-16(20-12)13(2)18-11-15(17)9-8-14-6-4-3-5-7-14/h3-7,10,13,15,18H,8-9,11,17H2,1-2H3. The molecule has 1 heterocycles. The van der Waals surface area contributed by atoms with Crippen molar-refractivity contribution < 1.29 is 0 Å². The Hall–Kier alpha value is -1.23. The van der Waals surface area contributed by atoms with Gasteiger partial charge in [-0.25, -0.2) is 4.98 Å². The van der Waals surface area contributed by atoms with Gasteiger partial charge in [0.1, 0.15) is 5.01 Å². The molecule has 3 nitrogen and oxygen atoms in total. The Morgan fingerprint density at radius 3 is 2.70 bits per heavy atom. The Balaban J connectivity index is 1.71. The van der Waals surface area contributed by atoms with Crippen LogP contribution in [0, 0.1) is 6.92 Å². The lowest BCUT2D eigenvalue weighted by Crippen LogP contribution is -2.35. The quantitative estimate of drug-likeness (QED) is 0.823. The molecule has 1 aromatic heterocycles. The van der Waals surface area contributed by atoms with E-state index in [1.165, 1.54) is 10.4 Å². The largest absolute Gasteiger partial charge is 0.327 e. The van der Waals surface area contributed by atoms with E-state index in [1.807, 2.05) is 12.3 Å². The van der Waals surface area contributed by atoms with E-state index in [0.29, 0.717) is 0 Å². The summed E-state index contributed by atoms with van der Waals surface area (Å²) in [5, 5.41) is 4.61. The third kappa shape index (κ3) is 4.71. The zero-order valence-electron chi connectivity index (χ0n) is 12.2. The number of nitrogens with two attached hydrogens (primary N) is 1. The van der Waals surface area contributed by atoms with Gasteiger partial charge in [0.15, 0.2) is 0 Å². The van der Waals surface area contributed by atoms with E-state index in [-0.39, 0.29) is 12.1 Å². The van der Waals surface area contributed by atoms with Crippen LogP contribution in [0.4, 0.5) is 0 Å². The van der Waals surface area contributed by atoms with Gasteiger partial charge < -0.3 is 11.1 Å². The van der Waals surface area contributed by atoms with E-state index in [2.05, 4.69) is 48.4 Å². The smallest absolute Gasteiger partial charge is 0.109 e. The Labute approximate surface area is 125 Å². The first-order valence-electron chi connectivity index (χ1n) is 7.10. The van der Waals surface area contributed by atoms with E-state index in [9.17, 15) is 0 Å². The van der Waals surface area contributed by atoms with Crippen molar-refractivity contribution in [2.75, 3.05) is 6.54 Å². The van der Waals surface area contributed by atoms with Gasteiger partial charge in [0.05, 0.1) is 6.04 Å². The summed E-state index contributed by atoms with van der Waals surface area (Å²) in [6.45, 7) is 5.05. The van der Waals surface area contributed by atoms with Crippen molar-refractivity contribution in [3.63, 3.8) is 0 Å². The lowest BCUT2D eigenvalue weighted by atomic mass is 10.1. The van der Waals surface area contributed by atoms with Crippen LogP contribution >= 0.6 is 11.3 Å². The fourth-order valence-corrected chi connectivity index (χ4v) is 2.89. The Morgan fingerprint density at radius 1 is 1.30 bits per heavy atom. The minimum absolute atomic E-state index is 0.179. The molecule has 1 aromatic carbocycles. The van der Waals surface area contributed by atoms with Gasteiger partial charge >= 0.3 is 0 Å². The number of benzene rings is 1. The van der Waals surface area contributed by atoms with E-state index in [1.54, 1.807) is 11.3 Å². The summed E-state index contributed by atoms with van der Waals surface area (Å²) in [6.07, 6.45) is 3.96. The van der Waals surface area contributed by atoms with Crippen molar-refractivity contribution in [2.24, 2.45) is 5.73 Å². The molecule has 0 amide bonds. The predicted molar refractivity (Wildman–Crippen MR) is 86.0 cm³/mol. The van der Waals surface area contributed by atoms with Crippen LogP contribution in [0.3, 0.4) is 0 Å². The maximum atomic E-state index is 6.17. The molecule has 2 rings (SSSR count). The summed E-state index contributed by atoms with van der Waals surface area (Å²) in [5.74, 6) is 0. The zero-order valence-corrected chi connectivity index (χ0v) is 13.0. The molecule has 0 aliphatic carbocycles. The fraction of sp³-hybridized carbons (Fsp3) is 0.438. The van der Waals surface area contributed by atoms with Crippen LogP contribution in [-0.4, -0.2) is 17.6 Å². The second-order valence-electron chi connectivity index (χ2n) is 5.22. The van der Waals surface area contributed by atoms with E-state index in [4.69, 9.17) is 5.73 Å². The van der Waals surface area contributed by atoms with Crippen LogP contribution in [0.1, 0.15) is 34.8 Å². The zero-order chi connectivity index (χ0) is 14.4. The number of nitrogens with one attached hydrogen (secondary N) is 1. The molecule has 2 atom stereocenters. The van der Waals surface area contributed by atoms with Crippen LogP contribution in [0.5, 0.6) is 0 Å². The highest BCUT2D eigenvalue weighted by Crippen LogP contribution is 2.18. The van der Waals surface area contributed by atoms with Crippen LogP contribution in [0.25, 0.3) is 0 Å². The van der Waals surface area contributed by atoms with Gasteiger partial charge in [0.2, 0.25) is 0 Å². The first kappa shape index (κ1) is 15.2. The van der Waals surface area contributed by atoms with Gasteiger partial charge in [-0.15, -0.1) is 11.3 Å².